The number of nitrogens with zero attached hydrogens (tertiary/aromatic N) is 2. The van der Waals surface area contributed by atoms with Gasteiger partial charge in [0.05, 0.1) is 17.8 Å². The minimum atomic E-state index is -0.299. The zero-order valence-corrected chi connectivity index (χ0v) is 10.1. The summed E-state index contributed by atoms with van der Waals surface area (Å²) >= 11 is 0. The quantitative estimate of drug-likeness (QED) is 0.621. The van der Waals surface area contributed by atoms with Gasteiger partial charge in [0, 0.05) is 0 Å². The maximum atomic E-state index is 12.9. The normalized spacial score (nSPS) is 10.3. The Balaban J connectivity index is 1.92. The molecular formula is C15H11FN2O. The number of halogens is 1. The molecule has 0 N–H and O–H groups in total. The van der Waals surface area contributed by atoms with Gasteiger partial charge in [-0.25, -0.2) is 4.39 Å². The minimum Gasteiger partial charge on any atom is -0.391 e. The Morgan fingerprint density at radius 1 is 1.21 bits per heavy atom. The lowest BCUT2D eigenvalue weighted by atomic mass is 10.1. The molecule has 0 fully saturated rings. The molecule has 0 unspecified atom stereocenters. The predicted molar refractivity (Wildman–Crippen MR) is 69.9 cm³/mol. The molecule has 0 atom stereocenters. The van der Waals surface area contributed by atoms with E-state index in [0.29, 0.717) is 11.1 Å². The van der Waals surface area contributed by atoms with Crippen LogP contribution in [0.15, 0.2) is 53.7 Å². The summed E-state index contributed by atoms with van der Waals surface area (Å²) < 4.78 is 12.9. The zero-order valence-electron chi connectivity index (χ0n) is 10.1. The fourth-order valence-corrected chi connectivity index (χ4v) is 1.53. The number of rotatable bonds is 4. The summed E-state index contributed by atoms with van der Waals surface area (Å²) in [6.07, 6.45) is 1.51. The summed E-state index contributed by atoms with van der Waals surface area (Å²) in [5.41, 5.74) is 2.05. The molecule has 2 aromatic rings. The van der Waals surface area contributed by atoms with Crippen molar-refractivity contribution in [1.29, 1.82) is 5.26 Å². The van der Waals surface area contributed by atoms with Crippen molar-refractivity contribution in [2.75, 3.05) is 0 Å². The second-order valence-corrected chi connectivity index (χ2v) is 3.88. The number of oxime groups is 1. The summed E-state index contributed by atoms with van der Waals surface area (Å²) in [5, 5.41) is 12.5. The van der Waals surface area contributed by atoms with Crippen LogP contribution in [0.3, 0.4) is 0 Å². The molecule has 0 bridgehead atoms. The van der Waals surface area contributed by atoms with Gasteiger partial charge in [0.2, 0.25) is 0 Å². The fraction of sp³-hybridized carbons (Fsp3) is 0.0667. The molecule has 2 aromatic carbocycles. The lowest BCUT2D eigenvalue weighted by Crippen LogP contribution is -1.89. The van der Waals surface area contributed by atoms with Crippen LogP contribution in [-0.2, 0) is 11.4 Å². The third-order valence-corrected chi connectivity index (χ3v) is 2.41. The molecule has 94 valence electrons. The zero-order chi connectivity index (χ0) is 13.5. The molecule has 0 aliphatic heterocycles. The van der Waals surface area contributed by atoms with E-state index < -0.39 is 0 Å². The summed E-state index contributed by atoms with van der Waals surface area (Å²) in [5.74, 6) is -0.299. The van der Waals surface area contributed by atoms with E-state index >= 15 is 0 Å². The van der Waals surface area contributed by atoms with Crippen LogP contribution >= 0.6 is 0 Å². The average Bonchev–Trinajstić information content (AvgIpc) is 2.44. The molecule has 0 aliphatic carbocycles. The average molecular weight is 254 g/mol. The van der Waals surface area contributed by atoms with Crippen molar-refractivity contribution < 1.29 is 9.23 Å². The van der Waals surface area contributed by atoms with Gasteiger partial charge in [-0.2, -0.15) is 5.26 Å². The van der Waals surface area contributed by atoms with Crippen LogP contribution in [-0.4, -0.2) is 6.21 Å². The van der Waals surface area contributed by atoms with Gasteiger partial charge in [0.15, 0.2) is 0 Å². The monoisotopic (exact) mass is 254 g/mol. The van der Waals surface area contributed by atoms with E-state index in [0.717, 1.165) is 5.56 Å². The molecule has 4 heteroatoms. The maximum Gasteiger partial charge on any atom is 0.142 e. The number of hydrogen-bond donors (Lipinski definition) is 0. The molecule has 0 heterocycles. The second kappa shape index (κ2) is 6.31. The van der Waals surface area contributed by atoms with Crippen molar-refractivity contribution in [1.82, 2.24) is 0 Å². The Hall–Kier alpha value is -2.67. The maximum absolute atomic E-state index is 12.9. The Morgan fingerprint density at radius 2 is 2.05 bits per heavy atom. The minimum absolute atomic E-state index is 0.201. The molecule has 19 heavy (non-hydrogen) atoms. The van der Waals surface area contributed by atoms with Crippen molar-refractivity contribution in [2.24, 2.45) is 5.16 Å². The van der Waals surface area contributed by atoms with Crippen LogP contribution in [0.25, 0.3) is 0 Å². The smallest absolute Gasteiger partial charge is 0.142 e. The van der Waals surface area contributed by atoms with Crippen molar-refractivity contribution >= 4 is 6.21 Å². The van der Waals surface area contributed by atoms with E-state index in [-0.39, 0.29) is 12.4 Å². The summed E-state index contributed by atoms with van der Waals surface area (Å²) in [6.45, 7) is 0.201. The van der Waals surface area contributed by atoms with Gasteiger partial charge in [-0.05, 0) is 35.4 Å². The molecule has 0 radical (unpaired) electrons. The molecule has 2 rings (SSSR count). The number of nitriles is 1. The molecule has 3 nitrogen and oxygen atoms in total. The first kappa shape index (κ1) is 12.8. The first-order chi connectivity index (χ1) is 9.28. The molecule has 0 aromatic heterocycles. The Bertz CT molecular complexity index is 632. The Kier molecular flexibility index (Phi) is 4.25. The van der Waals surface area contributed by atoms with Crippen LogP contribution in [0.4, 0.5) is 4.39 Å². The van der Waals surface area contributed by atoms with Crippen LogP contribution in [0.2, 0.25) is 0 Å². The van der Waals surface area contributed by atoms with Gasteiger partial charge in [0.25, 0.3) is 0 Å². The van der Waals surface area contributed by atoms with Crippen LogP contribution in [0, 0.1) is 17.1 Å². The lowest BCUT2D eigenvalue weighted by Gasteiger charge is -1.99. The van der Waals surface area contributed by atoms with Gasteiger partial charge < -0.3 is 4.84 Å². The Labute approximate surface area is 110 Å². The number of benzene rings is 2. The molecular weight excluding hydrogens is 243 g/mol. The lowest BCUT2D eigenvalue weighted by molar-refractivity contribution is 0.132. The molecule has 0 saturated heterocycles. The van der Waals surface area contributed by atoms with Gasteiger partial charge in [0.1, 0.15) is 12.4 Å². The van der Waals surface area contributed by atoms with E-state index in [4.69, 9.17) is 10.1 Å². The number of hydrogen-bond acceptors (Lipinski definition) is 3. The first-order valence-electron chi connectivity index (χ1n) is 5.68. The van der Waals surface area contributed by atoms with Crippen molar-refractivity contribution in [3.63, 3.8) is 0 Å². The fourth-order valence-electron chi connectivity index (χ4n) is 1.53. The van der Waals surface area contributed by atoms with Crippen molar-refractivity contribution in [2.45, 2.75) is 6.61 Å². The van der Waals surface area contributed by atoms with E-state index in [1.54, 1.807) is 30.3 Å². The highest BCUT2D eigenvalue weighted by Crippen LogP contribution is 2.05. The molecule has 0 amide bonds. The first-order valence-corrected chi connectivity index (χ1v) is 5.68. The van der Waals surface area contributed by atoms with E-state index in [1.807, 2.05) is 12.1 Å². The summed E-state index contributed by atoms with van der Waals surface area (Å²) in [6, 6.07) is 15.2. The van der Waals surface area contributed by atoms with Gasteiger partial charge >= 0.3 is 0 Å². The molecule has 0 saturated carbocycles. The van der Waals surface area contributed by atoms with Crippen molar-refractivity contribution in [3.8, 4) is 6.07 Å². The van der Waals surface area contributed by atoms with Gasteiger partial charge in [-0.3, -0.25) is 0 Å². The van der Waals surface area contributed by atoms with Gasteiger partial charge in [-0.1, -0.05) is 29.4 Å². The SMILES string of the molecule is N#Cc1cccc(C=NOCc2cccc(F)c2)c1. The van der Waals surface area contributed by atoms with Crippen LogP contribution in [0.1, 0.15) is 16.7 Å². The highest BCUT2D eigenvalue weighted by molar-refractivity contribution is 5.79. The highest BCUT2D eigenvalue weighted by atomic mass is 19.1. The van der Waals surface area contributed by atoms with Crippen LogP contribution < -0.4 is 0 Å². The topological polar surface area (TPSA) is 45.4 Å². The summed E-state index contributed by atoms with van der Waals surface area (Å²) in [7, 11) is 0. The van der Waals surface area contributed by atoms with Gasteiger partial charge in [-0.15, -0.1) is 0 Å². The Morgan fingerprint density at radius 3 is 2.84 bits per heavy atom. The summed E-state index contributed by atoms with van der Waals surface area (Å²) in [4.78, 5) is 5.07. The van der Waals surface area contributed by atoms with E-state index in [1.165, 1.54) is 18.3 Å². The molecule has 0 spiro atoms. The van der Waals surface area contributed by atoms with Crippen LogP contribution in [0.5, 0.6) is 0 Å². The van der Waals surface area contributed by atoms with E-state index in [2.05, 4.69) is 5.16 Å². The second-order valence-electron chi connectivity index (χ2n) is 3.88. The molecule has 0 aliphatic rings. The third-order valence-electron chi connectivity index (χ3n) is 2.41. The standard InChI is InChI=1S/C15H11FN2O/c16-15-6-2-5-14(8-15)11-19-18-10-13-4-1-3-12(7-13)9-17/h1-8,10H,11H2. The van der Waals surface area contributed by atoms with Crippen molar-refractivity contribution in [3.05, 3.63) is 71.0 Å². The largest absolute Gasteiger partial charge is 0.391 e. The highest BCUT2D eigenvalue weighted by Gasteiger charge is 1.95. The predicted octanol–water partition coefficient (Wildman–Crippen LogP) is 3.25. The third kappa shape index (κ3) is 3.93. The van der Waals surface area contributed by atoms with E-state index in [9.17, 15) is 4.39 Å².